The van der Waals surface area contributed by atoms with Crippen LogP contribution < -0.4 is 16.4 Å². The Balaban J connectivity index is 0.00000121. The summed E-state index contributed by atoms with van der Waals surface area (Å²) in [6.45, 7) is 3.01. The van der Waals surface area contributed by atoms with Crippen LogP contribution in [0, 0.1) is 5.92 Å². The number of anilines is 2. The molecule has 144 valence electrons. The highest BCUT2D eigenvalue weighted by molar-refractivity contribution is 5.85. The molecule has 0 amide bonds. The second-order valence-corrected chi connectivity index (χ2v) is 7.10. The molecular weight excluding hydrogens is 373 g/mol. The van der Waals surface area contributed by atoms with E-state index < -0.39 is 0 Å². The molecule has 0 aromatic carbocycles. The SMILES string of the molecule is Cl.Cl.Nc1nc(C2CC(N)C2)cc(N2CCC(Cn3cccn3)CC2)n1. The minimum absolute atomic E-state index is 0. The molecule has 1 aliphatic carbocycles. The molecular formula is C17H27Cl2N7. The highest BCUT2D eigenvalue weighted by atomic mass is 35.5. The maximum absolute atomic E-state index is 5.94. The topological polar surface area (TPSA) is 98.9 Å². The summed E-state index contributed by atoms with van der Waals surface area (Å²) in [6, 6.07) is 4.40. The molecule has 1 saturated carbocycles. The highest BCUT2D eigenvalue weighted by Crippen LogP contribution is 2.36. The summed E-state index contributed by atoms with van der Waals surface area (Å²) in [5.41, 5.74) is 12.9. The van der Waals surface area contributed by atoms with E-state index in [4.69, 9.17) is 11.5 Å². The van der Waals surface area contributed by atoms with Gasteiger partial charge < -0.3 is 16.4 Å². The maximum Gasteiger partial charge on any atom is 0.222 e. The molecule has 0 radical (unpaired) electrons. The standard InChI is InChI=1S/C17H25N7.2ClH/c18-14-8-13(9-14)15-10-16(22-17(19)21-15)23-6-2-12(3-7-23)11-24-5-1-4-20-24;;/h1,4-5,10,12-14H,2-3,6-9,11,18H2,(H2,19,21,22);2*1H. The number of piperidine rings is 1. The fourth-order valence-electron chi connectivity index (χ4n) is 3.76. The Morgan fingerprint density at radius 3 is 2.46 bits per heavy atom. The second-order valence-electron chi connectivity index (χ2n) is 7.10. The van der Waals surface area contributed by atoms with Gasteiger partial charge in [0.25, 0.3) is 0 Å². The number of nitrogens with two attached hydrogens (primary N) is 2. The first kappa shape index (κ1) is 20.7. The van der Waals surface area contributed by atoms with Gasteiger partial charge >= 0.3 is 0 Å². The van der Waals surface area contributed by atoms with Crippen molar-refractivity contribution in [3.8, 4) is 0 Å². The number of nitrogens with zero attached hydrogens (tertiary/aromatic N) is 5. The van der Waals surface area contributed by atoms with Crippen LogP contribution in [0.15, 0.2) is 24.5 Å². The first-order valence-corrected chi connectivity index (χ1v) is 8.80. The molecule has 1 saturated heterocycles. The van der Waals surface area contributed by atoms with Crippen LogP contribution in [0.5, 0.6) is 0 Å². The predicted octanol–water partition coefficient (Wildman–Crippen LogP) is 2.22. The predicted molar refractivity (Wildman–Crippen MR) is 108 cm³/mol. The molecule has 2 aromatic heterocycles. The van der Waals surface area contributed by atoms with Crippen LogP contribution in [-0.4, -0.2) is 38.9 Å². The van der Waals surface area contributed by atoms with Crippen molar-refractivity contribution in [3.05, 3.63) is 30.2 Å². The second kappa shape index (κ2) is 8.88. The lowest BCUT2D eigenvalue weighted by Gasteiger charge is -2.35. The van der Waals surface area contributed by atoms with Crippen molar-refractivity contribution in [1.29, 1.82) is 0 Å². The van der Waals surface area contributed by atoms with Crippen LogP contribution in [0.2, 0.25) is 0 Å². The van der Waals surface area contributed by atoms with E-state index in [9.17, 15) is 0 Å². The van der Waals surface area contributed by atoms with Crippen molar-refractivity contribution < 1.29 is 0 Å². The highest BCUT2D eigenvalue weighted by Gasteiger charge is 2.30. The summed E-state index contributed by atoms with van der Waals surface area (Å²) in [5, 5.41) is 4.31. The van der Waals surface area contributed by atoms with E-state index in [2.05, 4.69) is 26.0 Å². The lowest BCUT2D eigenvalue weighted by atomic mass is 9.78. The van der Waals surface area contributed by atoms with Gasteiger partial charge in [0.05, 0.1) is 5.69 Å². The molecule has 4 rings (SSSR count). The lowest BCUT2D eigenvalue weighted by molar-refractivity contribution is 0.339. The van der Waals surface area contributed by atoms with Gasteiger partial charge in [-0.15, -0.1) is 24.8 Å². The minimum Gasteiger partial charge on any atom is -0.368 e. The summed E-state index contributed by atoms with van der Waals surface area (Å²) >= 11 is 0. The third-order valence-corrected chi connectivity index (χ3v) is 5.29. The van der Waals surface area contributed by atoms with Crippen LogP contribution >= 0.6 is 24.8 Å². The van der Waals surface area contributed by atoms with Crippen molar-refractivity contribution in [1.82, 2.24) is 19.7 Å². The van der Waals surface area contributed by atoms with E-state index >= 15 is 0 Å². The molecule has 0 spiro atoms. The van der Waals surface area contributed by atoms with Gasteiger partial charge in [0, 0.05) is 50.1 Å². The number of hydrogen-bond donors (Lipinski definition) is 2. The third-order valence-electron chi connectivity index (χ3n) is 5.29. The molecule has 4 N–H and O–H groups in total. The fourth-order valence-corrected chi connectivity index (χ4v) is 3.76. The Hall–Kier alpha value is -1.57. The first-order chi connectivity index (χ1) is 11.7. The zero-order valence-electron chi connectivity index (χ0n) is 14.7. The molecule has 2 aliphatic rings. The fraction of sp³-hybridized carbons (Fsp3) is 0.588. The van der Waals surface area contributed by atoms with Crippen molar-refractivity contribution >= 4 is 36.6 Å². The van der Waals surface area contributed by atoms with Gasteiger partial charge in [0.1, 0.15) is 5.82 Å². The van der Waals surface area contributed by atoms with Crippen molar-refractivity contribution in [3.63, 3.8) is 0 Å². The number of halogens is 2. The van der Waals surface area contributed by atoms with Gasteiger partial charge in [-0.3, -0.25) is 4.68 Å². The van der Waals surface area contributed by atoms with Crippen LogP contribution in [0.1, 0.15) is 37.3 Å². The molecule has 3 heterocycles. The Bertz CT molecular complexity index is 680. The molecule has 26 heavy (non-hydrogen) atoms. The van der Waals surface area contributed by atoms with E-state index in [0.29, 0.717) is 23.8 Å². The van der Waals surface area contributed by atoms with E-state index in [1.54, 1.807) is 0 Å². The first-order valence-electron chi connectivity index (χ1n) is 8.80. The monoisotopic (exact) mass is 399 g/mol. The minimum atomic E-state index is 0. The summed E-state index contributed by atoms with van der Waals surface area (Å²) in [7, 11) is 0. The summed E-state index contributed by atoms with van der Waals surface area (Å²) < 4.78 is 2.03. The molecule has 7 nitrogen and oxygen atoms in total. The quantitative estimate of drug-likeness (QED) is 0.817. The van der Waals surface area contributed by atoms with E-state index in [-0.39, 0.29) is 24.8 Å². The van der Waals surface area contributed by atoms with E-state index in [1.807, 2.05) is 23.1 Å². The summed E-state index contributed by atoms with van der Waals surface area (Å²) in [6.07, 6.45) is 8.17. The van der Waals surface area contributed by atoms with Gasteiger partial charge in [-0.25, -0.2) is 4.98 Å². The Morgan fingerprint density at radius 1 is 1.12 bits per heavy atom. The van der Waals surface area contributed by atoms with Crippen LogP contribution in [0.25, 0.3) is 0 Å². The Kier molecular flexibility index (Phi) is 7.08. The number of nitrogen functional groups attached to an aromatic ring is 1. The molecule has 0 atom stereocenters. The average Bonchev–Trinajstić information content (AvgIpc) is 3.05. The molecule has 2 fully saturated rings. The summed E-state index contributed by atoms with van der Waals surface area (Å²) in [5.74, 6) is 2.46. The van der Waals surface area contributed by atoms with Crippen molar-refractivity contribution in [2.75, 3.05) is 23.7 Å². The molecule has 9 heteroatoms. The number of hydrogen-bond acceptors (Lipinski definition) is 6. The van der Waals surface area contributed by atoms with E-state index in [0.717, 1.165) is 56.8 Å². The van der Waals surface area contributed by atoms with Crippen LogP contribution in [-0.2, 0) is 6.54 Å². The summed E-state index contributed by atoms with van der Waals surface area (Å²) in [4.78, 5) is 11.2. The number of aromatic nitrogens is 4. The normalized spacial score (nSPS) is 22.9. The van der Waals surface area contributed by atoms with Gasteiger partial charge in [-0.05, 0) is 37.7 Å². The Labute approximate surface area is 166 Å². The largest absolute Gasteiger partial charge is 0.368 e. The van der Waals surface area contributed by atoms with Crippen LogP contribution in [0.3, 0.4) is 0 Å². The molecule has 0 unspecified atom stereocenters. The Morgan fingerprint density at radius 2 is 1.85 bits per heavy atom. The average molecular weight is 400 g/mol. The van der Waals surface area contributed by atoms with Gasteiger partial charge in [0.2, 0.25) is 5.95 Å². The van der Waals surface area contributed by atoms with Crippen molar-refractivity contribution in [2.24, 2.45) is 11.7 Å². The van der Waals surface area contributed by atoms with Gasteiger partial charge in [-0.1, -0.05) is 0 Å². The number of rotatable bonds is 4. The van der Waals surface area contributed by atoms with Gasteiger partial charge in [-0.2, -0.15) is 10.1 Å². The molecule has 1 aliphatic heterocycles. The molecule has 0 bridgehead atoms. The van der Waals surface area contributed by atoms with E-state index in [1.165, 1.54) is 0 Å². The lowest BCUT2D eigenvalue weighted by Crippen LogP contribution is -2.37. The third kappa shape index (κ3) is 4.58. The van der Waals surface area contributed by atoms with Crippen LogP contribution in [0.4, 0.5) is 11.8 Å². The van der Waals surface area contributed by atoms with Crippen molar-refractivity contribution in [2.45, 2.75) is 44.2 Å². The molecule has 2 aromatic rings. The maximum atomic E-state index is 5.94. The zero-order chi connectivity index (χ0) is 16.5. The smallest absolute Gasteiger partial charge is 0.222 e. The zero-order valence-corrected chi connectivity index (χ0v) is 16.3. The van der Waals surface area contributed by atoms with Gasteiger partial charge in [0.15, 0.2) is 0 Å².